The number of carbonyl (C=O) groups excluding carboxylic acids is 1. The summed E-state index contributed by atoms with van der Waals surface area (Å²) in [5.74, 6) is 0.101. The average Bonchev–Trinajstić information content (AvgIpc) is 3.46. The van der Waals surface area contributed by atoms with Gasteiger partial charge in [-0.1, -0.05) is 30.3 Å². The molecule has 3 unspecified atom stereocenters. The van der Waals surface area contributed by atoms with Gasteiger partial charge in [0.15, 0.2) is 0 Å². The molecule has 9 heteroatoms. The molecule has 2 saturated heterocycles. The zero-order valence-electron chi connectivity index (χ0n) is 17.0. The van der Waals surface area contributed by atoms with Crippen molar-refractivity contribution in [1.82, 2.24) is 20.5 Å². The Morgan fingerprint density at radius 3 is 2.73 bits per heavy atom. The number of rotatable bonds is 6. The molecular weight excluding hydrogens is 404 g/mol. The second kappa shape index (κ2) is 8.89. The van der Waals surface area contributed by atoms with Crippen LogP contribution < -0.4 is 16.2 Å². The van der Waals surface area contributed by atoms with Crippen LogP contribution in [0.3, 0.4) is 0 Å². The minimum atomic E-state index is -3.78. The third-order valence-electron chi connectivity index (χ3n) is 5.79. The number of piperidine rings is 1. The Bertz CT molecular complexity index is 970. The van der Waals surface area contributed by atoms with Gasteiger partial charge in [-0.25, -0.2) is 13.8 Å². The van der Waals surface area contributed by atoms with Crippen molar-refractivity contribution in [3.8, 4) is 0 Å². The average molecular weight is 433 g/mol. The van der Waals surface area contributed by atoms with E-state index in [1.54, 1.807) is 6.07 Å². The molecule has 2 fully saturated rings. The fourth-order valence-corrected chi connectivity index (χ4v) is 5.46. The van der Waals surface area contributed by atoms with E-state index < -0.39 is 10.0 Å². The fourth-order valence-electron chi connectivity index (χ4n) is 4.02. The number of sulfonamides is 1. The van der Waals surface area contributed by atoms with E-state index in [0.29, 0.717) is 25.1 Å². The molecule has 8 nitrogen and oxygen atoms in total. The Labute approximate surface area is 177 Å². The van der Waals surface area contributed by atoms with Crippen molar-refractivity contribution in [1.29, 1.82) is 0 Å². The van der Waals surface area contributed by atoms with E-state index >= 15 is 0 Å². The molecule has 0 spiro atoms. The Hall–Kier alpha value is -2.20. The molecule has 1 amide bonds. The minimum Gasteiger partial charge on any atom is -0.447 e. The van der Waals surface area contributed by atoms with Crippen LogP contribution in [0.15, 0.2) is 52.0 Å². The van der Waals surface area contributed by atoms with Gasteiger partial charge in [-0.15, -0.1) is 0 Å². The van der Waals surface area contributed by atoms with E-state index in [1.807, 2.05) is 37.3 Å². The summed E-state index contributed by atoms with van der Waals surface area (Å²) in [5, 5.41) is 2.95. The second-order valence-corrected chi connectivity index (χ2v) is 9.78. The molecular formula is C21H28N4O4S. The molecule has 3 N–H and O–H groups in total. The normalized spacial score (nSPS) is 23.9. The molecule has 3 atom stereocenters. The van der Waals surface area contributed by atoms with E-state index in [2.05, 4.69) is 16.2 Å². The van der Waals surface area contributed by atoms with Crippen molar-refractivity contribution in [2.75, 3.05) is 19.6 Å². The number of carbonyl (C=O) groups is 1. The number of hydrogen-bond acceptors (Lipinski definition) is 6. The number of hydrogen-bond donors (Lipinski definition) is 3. The SMILES string of the molecule is CC(NC(=O)C1CCCN(S(=O)(=O)c2ccc(C3CCNN3)o2)C1)c1ccccc1. The summed E-state index contributed by atoms with van der Waals surface area (Å²) in [7, 11) is -3.78. The third kappa shape index (κ3) is 4.44. The van der Waals surface area contributed by atoms with Gasteiger partial charge >= 0.3 is 0 Å². The lowest BCUT2D eigenvalue weighted by Gasteiger charge is -2.31. The van der Waals surface area contributed by atoms with E-state index in [-0.39, 0.29) is 35.5 Å². The monoisotopic (exact) mass is 432 g/mol. The Morgan fingerprint density at radius 1 is 1.20 bits per heavy atom. The van der Waals surface area contributed by atoms with Gasteiger partial charge in [-0.05, 0) is 43.9 Å². The Kier molecular flexibility index (Phi) is 6.24. The summed E-state index contributed by atoms with van der Waals surface area (Å²) < 4.78 is 33.2. The summed E-state index contributed by atoms with van der Waals surface area (Å²) in [6.07, 6.45) is 2.14. The van der Waals surface area contributed by atoms with Gasteiger partial charge in [0.05, 0.1) is 18.0 Å². The molecule has 0 bridgehead atoms. The highest BCUT2D eigenvalue weighted by Gasteiger charge is 2.36. The summed E-state index contributed by atoms with van der Waals surface area (Å²) in [4.78, 5) is 12.8. The van der Waals surface area contributed by atoms with Crippen molar-refractivity contribution < 1.29 is 17.6 Å². The minimum absolute atomic E-state index is 0.0340. The number of furan rings is 1. The number of hydrazine groups is 1. The van der Waals surface area contributed by atoms with Gasteiger partial charge in [-0.3, -0.25) is 10.2 Å². The van der Waals surface area contributed by atoms with Crippen molar-refractivity contribution in [3.63, 3.8) is 0 Å². The van der Waals surface area contributed by atoms with Crippen LogP contribution in [0, 0.1) is 5.92 Å². The van der Waals surface area contributed by atoms with Gasteiger partial charge in [0, 0.05) is 19.6 Å². The van der Waals surface area contributed by atoms with Crippen LogP contribution in [-0.4, -0.2) is 38.3 Å². The molecule has 2 aromatic rings. The predicted octanol–water partition coefficient (Wildman–Crippen LogP) is 2.10. The van der Waals surface area contributed by atoms with Crippen LogP contribution in [0.5, 0.6) is 0 Å². The van der Waals surface area contributed by atoms with Crippen molar-refractivity contribution in [3.05, 3.63) is 53.8 Å². The molecule has 0 aliphatic carbocycles. The standard InChI is InChI=1S/C21H28N4O4S/c1-15(16-6-3-2-4-7-16)23-21(26)17-8-5-13-25(14-17)30(27,28)20-10-9-19(29-20)18-11-12-22-24-18/h2-4,6-7,9-10,15,17-18,22,24H,5,8,11-14H2,1H3,(H,23,26). The summed E-state index contributed by atoms with van der Waals surface area (Å²) in [6.45, 7) is 3.28. The number of nitrogens with zero attached hydrogens (tertiary/aromatic N) is 1. The molecule has 1 aromatic heterocycles. The zero-order chi connectivity index (χ0) is 21.1. The Morgan fingerprint density at radius 2 is 2.00 bits per heavy atom. The smallest absolute Gasteiger partial charge is 0.276 e. The highest BCUT2D eigenvalue weighted by atomic mass is 32.2. The van der Waals surface area contributed by atoms with Crippen molar-refractivity contribution >= 4 is 15.9 Å². The maximum absolute atomic E-state index is 13.1. The van der Waals surface area contributed by atoms with Crippen LogP contribution in [-0.2, 0) is 14.8 Å². The molecule has 1 aromatic carbocycles. The summed E-state index contributed by atoms with van der Waals surface area (Å²) in [6, 6.07) is 12.8. The van der Waals surface area contributed by atoms with Crippen LogP contribution in [0.4, 0.5) is 0 Å². The first-order valence-corrected chi connectivity index (χ1v) is 11.8. The zero-order valence-corrected chi connectivity index (χ0v) is 17.8. The molecule has 162 valence electrons. The third-order valence-corrected chi connectivity index (χ3v) is 7.53. The van der Waals surface area contributed by atoms with Crippen molar-refractivity contribution in [2.45, 2.75) is 43.4 Å². The van der Waals surface area contributed by atoms with Gasteiger partial charge in [0.1, 0.15) is 5.76 Å². The van der Waals surface area contributed by atoms with Crippen LogP contribution >= 0.6 is 0 Å². The maximum Gasteiger partial charge on any atom is 0.276 e. The quantitative estimate of drug-likeness (QED) is 0.646. The van der Waals surface area contributed by atoms with Gasteiger partial charge in [0.2, 0.25) is 11.0 Å². The largest absolute Gasteiger partial charge is 0.447 e. The van der Waals surface area contributed by atoms with E-state index in [1.165, 1.54) is 10.4 Å². The molecule has 2 aliphatic rings. The van der Waals surface area contributed by atoms with Gasteiger partial charge in [0.25, 0.3) is 10.0 Å². The van der Waals surface area contributed by atoms with Crippen LogP contribution in [0.2, 0.25) is 0 Å². The van der Waals surface area contributed by atoms with Gasteiger partial charge in [-0.2, -0.15) is 4.31 Å². The molecule has 30 heavy (non-hydrogen) atoms. The lowest BCUT2D eigenvalue weighted by atomic mass is 9.98. The van der Waals surface area contributed by atoms with Crippen molar-refractivity contribution in [2.24, 2.45) is 5.92 Å². The molecule has 2 aliphatic heterocycles. The predicted molar refractivity (Wildman–Crippen MR) is 112 cm³/mol. The van der Waals surface area contributed by atoms with Gasteiger partial charge < -0.3 is 9.73 Å². The molecule has 0 radical (unpaired) electrons. The fraction of sp³-hybridized carbons (Fsp3) is 0.476. The molecule has 4 rings (SSSR count). The van der Waals surface area contributed by atoms with E-state index in [9.17, 15) is 13.2 Å². The lowest BCUT2D eigenvalue weighted by Crippen LogP contribution is -2.45. The maximum atomic E-state index is 13.1. The van der Waals surface area contributed by atoms with Crippen LogP contribution in [0.25, 0.3) is 0 Å². The second-order valence-electron chi connectivity index (χ2n) is 7.91. The Balaban J connectivity index is 1.42. The van der Waals surface area contributed by atoms with E-state index in [0.717, 1.165) is 18.5 Å². The molecule has 3 heterocycles. The number of amides is 1. The highest BCUT2D eigenvalue weighted by Crippen LogP contribution is 2.28. The summed E-state index contributed by atoms with van der Waals surface area (Å²) >= 11 is 0. The van der Waals surface area contributed by atoms with Crippen LogP contribution in [0.1, 0.15) is 49.6 Å². The van der Waals surface area contributed by atoms with E-state index in [4.69, 9.17) is 4.42 Å². The topological polar surface area (TPSA) is 104 Å². The summed E-state index contributed by atoms with van der Waals surface area (Å²) in [5.41, 5.74) is 7.10. The first-order chi connectivity index (χ1) is 14.4. The number of nitrogens with one attached hydrogen (secondary N) is 3. The highest BCUT2D eigenvalue weighted by molar-refractivity contribution is 7.89. The number of benzene rings is 1. The first kappa shape index (κ1) is 21.0. The first-order valence-electron chi connectivity index (χ1n) is 10.4. The molecule has 0 saturated carbocycles. The lowest BCUT2D eigenvalue weighted by molar-refractivity contribution is -0.126.